The van der Waals surface area contributed by atoms with E-state index in [1.165, 1.54) is 0 Å². The molecule has 0 amide bonds. The molecule has 0 saturated carbocycles. The number of hydrogen-bond acceptors (Lipinski definition) is 5. The molecule has 118 valence electrons. The zero-order valence-electron chi connectivity index (χ0n) is 13.5. The van der Waals surface area contributed by atoms with Crippen LogP contribution in [0.1, 0.15) is 31.9 Å². The van der Waals surface area contributed by atoms with Gasteiger partial charge in [0.05, 0.1) is 33.0 Å². The molecule has 1 aromatic carbocycles. The summed E-state index contributed by atoms with van der Waals surface area (Å²) in [4.78, 5) is 0. The van der Waals surface area contributed by atoms with Crippen molar-refractivity contribution < 1.29 is 18.9 Å². The van der Waals surface area contributed by atoms with Crippen LogP contribution in [0.25, 0.3) is 0 Å². The Morgan fingerprint density at radius 1 is 1.19 bits per heavy atom. The van der Waals surface area contributed by atoms with E-state index in [0.717, 1.165) is 25.1 Å². The van der Waals surface area contributed by atoms with Crippen LogP contribution in [0.15, 0.2) is 12.1 Å². The van der Waals surface area contributed by atoms with Gasteiger partial charge in [0.15, 0.2) is 11.5 Å². The summed E-state index contributed by atoms with van der Waals surface area (Å²) in [5.74, 6) is 1.92. The number of hydrogen-bond donors (Lipinski definition) is 1. The summed E-state index contributed by atoms with van der Waals surface area (Å²) >= 11 is 0. The molecule has 21 heavy (non-hydrogen) atoms. The highest BCUT2D eigenvalue weighted by atomic mass is 16.5. The summed E-state index contributed by atoms with van der Waals surface area (Å²) in [6.45, 7) is 5.87. The number of nitrogens with one attached hydrogen (secondary N) is 1. The quantitative estimate of drug-likeness (QED) is 0.904. The average molecular weight is 295 g/mol. The second-order valence-electron chi connectivity index (χ2n) is 5.46. The molecule has 2 rings (SSSR count). The number of rotatable bonds is 5. The highest BCUT2D eigenvalue weighted by molar-refractivity contribution is 5.56. The predicted molar refractivity (Wildman–Crippen MR) is 81.5 cm³/mol. The zero-order chi connectivity index (χ0) is 15.5. The van der Waals surface area contributed by atoms with E-state index in [4.69, 9.17) is 18.9 Å². The minimum atomic E-state index is -0.166. The third-order valence-electron chi connectivity index (χ3n) is 4.08. The van der Waals surface area contributed by atoms with Crippen LogP contribution in [0, 0.1) is 0 Å². The second kappa shape index (κ2) is 6.54. The summed E-state index contributed by atoms with van der Waals surface area (Å²) in [5.41, 5.74) is 0.809. The van der Waals surface area contributed by atoms with Gasteiger partial charge in [-0.1, -0.05) is 6.92 Å². The van der Waals surface area contributed by atoms with Crippen LogP contribution in [-0.4, -0.2) is 40.0 Å². The second-order valence-corrected chi connectivity index (χ2v) is 5.46. The first-order valence-electron chi connectivity index (χ1n) is 7.26. The molecule has 1 saturated heterocycles. The van der Waals surface area contributed by atoms with E-state index in [1.54, 1.807) is 21.3 Å². The first-order chi connectivity index (χ1) is 10.1. The fraction of sp³-hybridized carbons (Fsp3) is 0.625. The van der Waals surface area contributed by atoms with Crippen molar-refractivity contribution in [1.29, 1.82) is 0 Å². The number of methoxy groups -OCH3 is 3. The molecule has 2 atom stereocenters. The third kappa shape index (κ3) is 3.09. The monoisotopic (exact) mass is 295 g/mol. The Morgan fingerprint density at radius 2 is 1.90 bits per heavy atom. The van der Waals surface area contributed by atoms with Gasteiger partial charge < -0.3 is 24.3 Å². The smallest absolute Gasteiger partial charge is 0.203 e. The summed E-state index contributed by atoms with van der Waals surface area (Å²) < 4.78 is 22.6. The molecule has 5 heteroatoms. The first-order valence-corrected chi connectivity index (χ1v) is 7.26. The third-order valence-corrected chi connectivity index (χ3v) is 4.08. The summed E-state index contributed by atoms with van der Waals surface area (Å²) in [5, 5.41) is 3.44. The zero-order valence-corrected chi connectivity index (χ0v) is 13.5. The van der Waals surface area contributed by atoms with E-state index < -0.39 is 0 Å². The van der Waals surface area contributed by atoms with Crippen LogP contribution in [-0.2, 0) is 4.74 Å². The lowest BCUT2D eigenvalue weighted by atomic mass is 9.98. The van der Waals surface area contributed by atoms with Crippen molar-refractivity contribution in [3.05, 3.63) is 17.7 Å². The average Bonchev–Trinajstić information content (AvgIpc) is 2.53. The van der Waals surface area contributed by atoms with Crippen LogP contribution in [0.3, 0.4) is 0 Å². The Kier molecular flexibility index (Phi) is 4.96. The standard InChI is InChI=1S/C16H25NO4/c1-6-16(2)10-17-9-13(21-16)11-7-8-12(18-3)15(20-5)14(11)19-4/h7-8,13,17H,6,9-10H2,1-5H3. The van der Waals surface area contributed by atoms with Gasteiger partial charge in [-0.2, -0.15) is 0 Å². The predicted octanol–water partition coefficient (Wildman–Crippen LogP) is 2.54. The molecular weight excluding hydrogens is 270 g/mol. The largest absolute Gasteiger partial charge is 0.493 e. The van der Waals surface area contributed by atoms with Gasteiger partial charge in [-0.25, -0.2) is 0 Å². The maximum absolute atomic E-state index is 6.29. The van der Waals surface area contributed by atoms with Gasteiger partial charge in [-0.15, -0.1) is 0 Å². The van der Waals surface area contributed by atoms with Crippen molar-refractivity contribution in [2.24, 2.45) is 0 Å². The molecule has 0 bridgehead atoms. The Bertz CT molecular complexity index is 491. The van der Waals surface area contributed by atoms with Crippen LogP contribution in [0.5, 0.6) is 17.2 Å². The maximum atomic E-state index is 6.29. The van der Waals surface area contributed by atoms with Gasteiger partial charge in [0.1, 0.15) is 0 Å². The molecule has 0 spiro atoms. The first kappa shape index (κ1) is 15.9. The SMILES string of the molecule is CCC1(C)CNCC(c2ccc(OC)c(OC)c2OC)O1. The molecule has 0 aromatic heterocycles. The lowest BCUT2D eigenvalue weighted by Gasteiger charge is -2.39. The minimum Gasteiger partial charge on any atom is -0.493 e. The lowest BCUT2D eigenvalue weighted by molar-refractivity contribution is -0.109. The maximum Gasteiger partial charge on any atom is 0.203 e. The molecular formula is C16H25NO4. The van der Waals surface area contributed by atoms with E-state index >= 15 is 0 Å². The van der Waals surface area contributed by atoms with E-state index in [0.29, 0.717) is 17.2 Å². The van der Waals surface area contributed by atoms with Crippen molar-refractivity contribution in [2.45, 2.75) is 32.0 Å². The van der Waals surface area contributed by atoms with Crippen molar-refractivity contribution in [3.8, 4) is 17.2 Å². The van der Waals surface area contributed by atoms with Gasteiger partial charge in [0, 0.05) is 18.7 Å². The molecule has 0 aliphatic carbocycles. The number of benzene rings is 1. The molecule has 1 fully saturated rings. The fourth-order valence-electron chi connectivity index (χ4n) is 2.65. The Labute approximate surface area is 126 Å². The van der Waals surface area contributed by atoms with Gasteiger partial charge in [-0.05, 0) is 25.5 Å². The highest BCUT2D eigenvalue weighted by Gasteiger charge is 2.34. The molecule has 0 radical (unpaired) electrons. The van der Waals surface area contributed by atoms with Gasteiger partial charge in [0.25, 0.3) is 0 Å². The molecule has 1 aromatic rings. The normalized spacial score (nSPS) is 25.5. The van der Waals surface area contributed by atoms with Crippen molar-refractivity contribution in [3.63, 3.8) is 0 Å². The summed E-state index contributed by atoms with van der Waals surface area (Å²) in [6, 6.07) is 3.87. The molecule has 1 heterocycles. The topological polar surface area (TPSA) is 49.0 Å². The van der Waals surface area contributed by atoms with E-state index in [1.807, 2.05) is 12.1 Å². The highest BCUT2D eigenvalue weighted by Crippen LogP contribution is 2.44. The minimum absolute atomic E-state index is 0.0709. The molecule has 1 aliphatic heterocycles. The van der Waals surface area contributed by atoms with Gasteiger partial charge in [0.2, 0.25) is 5.75 Å². The van der Waals surface area contributed by atoms with E-state index in [-0.39, 0.29) is 11.7 Å². The summed E-state index contributed by atoms with van der Waals surface area (Å²) in [6.07, 6.45) is 0.880. The Morgan fingerprint density at radius 3 is 2.48 bits per heavy atom. The van der Waals surface area contributed by atoms with Crippen LogP contribution < -0.4 is 19.5 Å². The van der Waals surface area contributed by atoms with Crippen LogP contribution in [0.2, 0.25) is 0 Å². The van der Waals surface area contributed by atoms with E-state index in [9.17, 15) is 0 Å². The number of ether oxygens (including phenoxy) is 4. The van der Waals surface area contributed by atoms with Crippen LogP contribution in [0.4, 0.5) is 0 Å². The van der Waals surface area contributed by atoms with Crippen molar-refractivity contribution in [1.82, 2.24) is 5.32 Å². The van der Waals surface area contributed by atoms with E-state index in [2.05, 4.69) is 19.2 Å². The van der Waals surface area contributed by atoms with Crippen molar-refractivity contribution >= 4 is 0 Å². The molecule has 5 nitrogen and oxygen atoms in total. The molecule has 1 N–H and O–H groups in total. The Balaban J connectivity index is 2.39. The fourth-order valence-corrected chi connectivity index (χ4v) is 2.65. The summed E-state index contributed by atoms with van der Waals surface area (Å²) in [7, 11) is 4.86. The lowest BCUT2D eigenvalue weighted by Crippen LogP contribution is -2.48. The van der Waals surface area contributed by atoms with Crippen molar-refractivity contribution in [2.75, 3.05) is 34.4 Å². The Hall–Kier alpha value is -1.46. The van der Waals surface area contributed by atoms with Crippen LogP contribution >= 0.6 is 0 Å². The van der Waals surface area contributed by atoms with Gasteiger partial charge >= 0.3 is 0 Å². The molecule has 1 aliphatic rings. The van der Waals surface area contributed by atoms with Gasteiger partial charge in [-0.3, -0.25) is 0 Å². The number of morpholine rings is 1. The molecule has 2 unspecified atom stereocenters.